The Morgan fingerprint density at radius 1 is 1.00 bits per heavy atom. The Bertz CT molecular complexity index is 512. The van der Waals surface area contributed by atoms with Crippen LogP contribution >= 0.6 is 24.2 Å². The Morgan fingerprint density at radius 3 is 2.28 bits per heavy atom. The van der Waals surface area contributed by atoms with Gasteiger partial charge >= 0.3 is 0 Å². The Hall–Kier alpha value is -1.16. The minimum Gasteiger partial charge on any atom is -0.323 e. The number of hydrogen-bond acceptors (Lipinski definition) is 3. The largest absolute Gasteiger partial charge is 0.323 e. The SMILES string of the molecule is Cc1ccc(Sc2c(C)cccc2NN)cc1.Cl. The number of rotatable bonds is 3. The summed E-state index contributed by atoms with van der Waals surface area (Å²) in [6.07, 6.45) is 0. The molecule has 0 saturated heterocycles. The Balaban J connectivity index is 0.00000162. The van der Waals surface area contributed by atoms with E-state index in [0.29, 0.717) is 0 Å². The van der Waals surface area contributed by atoms with Gasteiger partial charge in [-0.15, -0.1) is 12.4 Å². The molecule has 0 fully saturated rings. The quantitative estimate of drug-likeness (QED) is 0.655. The summed E-state index contributed by atoms with van der Waals surface area (Å²) in [7, 11) is 0. The fraction of sp³-hybridized carbons (Fsp3) is 0.143. The predicted octanol–water partition coefficient (Wildman–Crippen LogP) is 4.16. The van der Waals surface area contributed by atoms with Crippen LogP contribution in [0.15, 0.2) is 52.3 Å². The predicted molar refractivity (Wildman–Crippen MR) is 81.5 cm³/mol. The number of nitrogens with two attached hydrogens (primary N) is 1. The molecule has 2 nitrogen and oxygen atoms in total. The van der Waals surface area contributed by atoms with Gasteiger partial charge in [0.1, 0.15) is 0 Å². The minimum absolute atomic E-state index is 0. The van der Waals surface area contributed by atoms with Gasteiger partial charge in [0.2, 0.25) is 0 Å². The van der Waals surface area contributed by atoms with Crippen LogP contribution in [0.5, 0.6) is 0 Å². The fourth-order valence-electron chi connectivity index (χ4n) is 1.63. The van der Waals surface area contributed by atoms with Crippen LogP contribution in [-0.4, -0.2) is 0 Å². The summed E-state index contributed by atoms with van der Waals surface area (Å²) in [5.41, 5.74) is 6.22. The average molecular weight is 281 g/mol. The molecule has 18 heavy (non-hydrogen) atoms. The van der Waals surface area contributed by atoms with Crippen molar-refractivity contribution in [3.63, 3.8) is 0 Å². The Labute approximate surface area is 118 Å². The van der Waals surface area contributed by atoms with Crippen LogP contribution in [0.4, 0.5) is 5.69 Å². The first-order chi connectivity index (χ1) is 8.20. The van der Waals surface area contributed by atoms with E-state index in [4.69, 9.17) is 5.84 Å². The van der Waals surface area contributed by atoms with Gasteiger partial charge in [-0.1, -0.05) is 41.6 Å². The maximum atomic E-state index is 5.53. The monoisotopic (exact) mass is 280 g/mol. The van der Waals surface area contributed by atoms with Gasteiger partial charge in [-0.05, 0) is 37.6 Å². The van der Waals surface area contributed by atoms with Crippen LogP contribution in [0, 0.1) is 13.8 Å². The number of nitrogen functional groups attached to an aromatic ring is 1. The van der Waals surface area contributed by atoms with Crippen molar-refractivity contribution in [3.05, 3.63) is 53.6 Å². The van der Waals surface area contributed by atoms with E-state index in [1.807, 2.05) is 12.1 Å². The first kappa shape index (κ1) is 14.9. The van der Waals surface area contributed by atoms with Gasteiger partial charge < -0.3 is 5.43 Å². The highest BCUT2D eigenvalue weighted by atomic mass is 35.5. The summed E-state index contributed by atoms with van der Waals surface area (Å²) in [5, 5.41) is 0. The smallest absolute Gasteiger partial charge is 0.0627 e. The van der Waals surface area contributed by atoms with Crippen molar-refractivity contribution in [2.75, 3.05) is 5.43 Å². The molecule has 3 N–H and O–H groups in total. The van der Waals surface area contributed by atoms with Gasteiger partial charge in [0.25, 0.3) is 0 Å². The van der Waals surface area contributed by atoms with Gasteiger partial charge in [0, 0.05) is 9.79 Å². The van der Waals surface area contributed by atoms with E-state index in [1.54, 1.807) is 11.8 Å². The Kier molecular flexibility index (Phi) is 5.54. The molecule has 2 aromatic rings. The molecule has 0 bridgehead atoms. The lowest BCUT2D eigenvalue weighted by atomic mass is 10.2. The molecule has 0 unspecified atom stereocenters. The van der Waals surface area contributed by atoms with Crippen molar-refractivity contribution >= 4 is 29.9 Å². The standard InChI is InChI=1S/C14H16N2S.ClH/c1-10-6-8-12(9-7-10)17-14-11(2)4-3-5-13(14)16-15;/h3-9,16H,15H2,1-2H3;1H. The molecule has 0 saturated carbocycles. The van der Waals surface area contributed by atoms with Crippen molar-refractivity contribution < 1.29 is 0 Å². The molecule has 0 radical (unpaired) electrons. The van der Waals surface area contributed by atoms with Crippen LogP contribution in [-0.2, 0) is 0 Å². The molecule has 0 aliphatic rings. The van der Waals surface area contributed by atoms with Crippen LogP contribution in [0.2, 0.25) is 0 Å². The summed E-state index contributed by atoms with van der Waals surface area (Å²) in [4.78, 5) is 2.40. The molecule has 0 amide bonds. The molecule has 0 aromatic heterocycles. The van der Waals surface area contributed by atoms with Crippen molar-refractivity contribution in [2.45, 2.75) is 23.6 Å². The van der Waals surface area contributed by atoms with E-state index in [0.717, 1.165) is 5.69 Å². The van der Waals surface area contributed by atoms with Crippen LogP contribution < -0.4 is 11.3 Å². The van der Waals surface area contributed by atoms with E-state index < -0.39 is 0 Å². The number of nitrogens with one attached hydrogen (secondary N) is 1. The third kappa shape index (κ3) is 3.42. The zero-order chi connectivity index (χ0) is 12.3. The molecule has 0 aliphatic carbocycles. The lowest BCUT2D eigenvalue weighted by Crippen LogP contribution is -2.08. The molecule has 0 aliphatic heterocycles. The molecule has 0 spiro atoms. The number of hydrogen-bond donors (Lipinski definition) is 2. The normalized spacial score (nSPS) is 9.72. The van der Waals surface area contributed by atoms with Crippen LogP contribution in [0.1, 0.15) is 11.1 Å². The molecule has 2 aromatic carbocycles. The highest BCUT2D eigenvalue weighted by molar-refractivity contribution is 7.99. The van der Waals surface area contributed by atoms with E-state index in [1.165, 1.54) is 20.9 Å². The lowest BCUT2D eigenvalue weighted by molar-refractivity contribution is 1.23. The number of anilines is 1. The molecule has 2 rings (SSSR count). The second kappa shape index (κ2) is 6.69. The van der Waals surface area contributed by atoms with Crippen LogP contribution in [0.25, 0.3) is 0 Å². The van der Waals surface area contributed by atoms with Crippen LogP contribution in [0.3, 0.4) is 0 Å². The molecule has 0 heterocycles. The third-order valence-corrected chi connectivity index (χ3v) is 3.86. The van der Waals surface area contributed by atoms with Gasteiger partial charge in [-0.3, -0.25) is 5.84 Å². The molecule has 0 atom stereocenters. The summed E-state index contributed by atoms with van der Waals surface area (Å²) in [6, 6.07) is 14.6. The number of aryl methyl sites for hydroxylation is 2. The third-order valence-electron chi connectivity index (χ3n) is 2.61. The van der Waals surface area contributed by atoms with E-state index in [-0.39, 0.29) is 12.4 Å². The first-order valence-electron chi connectivity index (χ1n) is 5.51. The van der Waals surface area contributed by atoms with Gasteiger partial charge in [-0.25, -0.2) is 0 Å². The fourth-order valence-corrected chi connectivity index (χ4v) is 2.60. The zero-order valence-corrected chi connectivity index (χ0v) is 12.1. The average Bonchev–Trinajstić information content (AvgIpc) is 2.34. The van der Waals surface area contributed by atoms with Gasteiger partial charge in [0.05, 0.1) is 5.69 Å². The van der Waals surface area contributed by atoms with Crippen molar-refractivity contribution in [2.24, 2.45) is 5.84 Å². The van der Waals surface area contributed by atoms with Crippen molar-refractivity contribution in [1.29, 1.82) is 0 Å². The summed E-state index contributed by atoms with van der Waals surface area (Å²) < 4.78 is 0. The van der Waals surface area contributed by atoms with Crippen molar-refractivity contribution in [3.8, 4) is 0 Å². The second-order valence-electron chi connectivity index (χ2n) is 4.01. The maximum absolute atomic E-state index is 5.53. The zero-order valence-electron chi connectivity index (χ0n) is 10.4. The second-order valence-corrected chi connectivity index (χ2v) is 5.09. The number of benzene rings is 2. The molecule has 4 heteroatoms. The van der Waals surface area contributed by atoms with Crippen molar-refractivity contribution in [1.82, 2.24) is 0 Å². The molecule has 96 valence electrons. The summed E-state index contributed by atoms with van der Waals surface area (Å²) in [6.45, 7) is 4.19. The topological polar surface area (TPSA) is 38.0 Å². The highest BCUT2D eigenvalue weighted by Crippen LogP contribution is 2.35. The summed E-state index contributed by atoms with van der Waals surface area (Å²) >= 11 is 1.73. The van der Waals surface area contributed by atoms with Gasteiger partial charge in [-0.2, -0.15) is 0 Å². The Morgan fingerprint density at radius 2 is 1.67 bits per heavy atom. The number of hydrazine groups is 1. The lowest BCUT2D eigenvalue weighted by Gasteiger charge is -2.11. The molecular weight excluding hydrogens is 264 g/mol. The van der Waals surface area contributed by atoms with E-state index in [9.17, 15) is 0 Å². The summed E-state index contributed by atoms with van der Waals surface area (Å²) in [5.74, 6) is 5.53. The maximum Gasteiger partial charge on any atom is 0.0627 e. The van der Waals surface area contributed by atoms with E-state index in [2.05, 4.69) is 49.6 Å². The number of halogens is 1. The molecular formula is C14H17ClN2S. The minimum atomic E-state index is 0. The van der Waals surface area contributed by atoms with E-state index >= 15 is 0 Å². The van der Waals surface area contributed by atoms with Gasteiger partial charge in [0.15, 0.2) is 0 Å². The first-order valence-corrected chi connectivity index (χ1v) is 6.33. The highest BCUT2D eigenvalue weighted by Gasteiger charge is 2.06.